The van der Waals surface area contributed by atoms with Crippen molar-refractivity contribution in [3.05, 3.63) is 0 Å². The lowest BCUT2D eigenvalue weighted by Crippen LogP contribution is -1.92. The van der Waals surface area contributed by atoms with E-state index >= 15 is 0 Å². The maximum Gasteiger partial charge on any atom is 0.0655 e. The standard InChI is InChI=1S/C8H13N/c9-7-8-5-3-1-2-4-6-8/h8H,1-6H2. The Kier molecular flexibility index (Phi) is 2.57. The van der Waals surface area contributed by atoms with Crippen molar-refractivity contribution < 1.29 is 0 Å². The number of nitriles is 1. The number of rotatable bonds is 0. The smallest absolute Gasteiger partial charge is 0.0655 e. The Morgan fingerprint density at radius 3 is 2.00 bits per heavy atom. The van der Waals surface area contributed by atoms with Gasteiger partial charge in [-0.1, -0.05) is 25.7 Å². The van der Waals surface area contributed by atoms with Crippen molar-refractivity contribution in [3.63, 3.8) is 0 Å². The van der Waals surface area contributed by atoms with E-state index in [1.165, 1.54) is 25.7 Å². The van der Waals surface area contributed by atoms with E-state index < -0.39 is 0 Å². The lowest BCUT2D eigenvalue weighted by atomic mass is 10.0. The van der Waals surface area contributed by atoms with Gasteiger partial charge in [0, 0.05) is 5.92 Å². The molecule has 0 N–H and O–H groups in total. The first-order chi connectivity index (χ1) is 4.43. The van der Waals surface area contributed by atoms with Crippen LogP contribution in [0.15, 0.2) is 0 Å². The van der Waals surface area contributed by atoms with Crippen LogP contribution in [0.2, 0.25) is 0 Å². The van der Waals surface area contributed by atoms with Crippen molar-refractivity contribution in [1.82, 2.24) is 0 Å². The molecule has 0 unspecified atom stereocenters. The van der Waals surface area contributed by atoms with Gasteiger partial charge in [0.25, 0.3) is 0 Å². The Balaban J connectivity index is 2.29. The summed E-state index contributed by atoms with van der Waals surface area (Å²) in [7, 11) is 0. The molecule has 0 heterocycles. The zero-order valence-corrected chi connectivity index (χ0v) is 5.77. The summed E-state index contributed by atoms with van der Waals surface area (Å²) in [5, 5.41) is 8.57. The molecule has 0 aromatic rings. The molecule has 0 aliphatic heterocycles. The summed E-state index contributed by atoms with van der Waals surface area (Å²) in [6, 6.07) is 2.34. The van der Waals surface area contributed by atoms with Gasteiger partial charge in [0.05, 0.1) is 6.07 Å². The number of hydrogen-bond donors (Lipinski definition) is 0. The quantitative estimate of drug-likeness (QED) is 0.454. The van der Waals surface area contributed by atoms with Crippen molar-refractivity contribution in [3.8, 4) is 6.07 Å². The van der Waals surface area contributed by atoms with E-state index in [0.717, 1.165) is 12.8 Å². The van der Waals surface area contributed by atoms with Crippen LogP contribution in [0.4, 0.5) is 0 Å². The molecular weight excluding hydrogens is 110 g/mol. The van der Waals surface area contributed by atoms with Gasteiger partial charge in [-0.15, -0.1) is 0 Å². The van der Waals surface area contributed by atoms with Crippen molar-refractivity contribution >= 4 is 0 Å². The van der Waals surface area contributed by atoms with E-state index in [4.69, 9.17) is 5.26 Å². The van der Waals surface area contributed by atoms with Gasteiger partial charge in [-0.2, -0.15) is 5.26 Å². The van der Waals surface area contributed by atoms with Crippen LogP contribution in [0.3, 0.4) is 0 Å². The van der Waals surface area contributed by atoms with E-state index in [2.05, 4.69) is 6.07 Å². The zero-order chi connectivity index (χ0) is 6.53. The van der Waals surface area contributed by atoms with E-state index in [1.807, 2.05) is 0 Å². The van der Waals surface area contributed by atoms with Crippen molar-refractivity contribution in [2.45, 2.75) is 38.5 Å². The Morgan fingerprint density at radius 1 is 1.00 bits per heavy atom. The first-order valence-electron chi connectivity index (χ1n) is 3.83. The van der Waals surface area contributed by atoms with Crippen molar-refractivity contribution in [2.75, 3.05) is 0 Å². The first kappa shape index (κ1) is 6.61. The maximum absolute atomic E-state index is 8.57. The fraction of sp³-hybridized carbons (Fsp3) is 0.875. The molecule has 1 heteroatoms. The third-order valence-corrected chi connectivity index (χ3v) is 2.04. The molecule has 0 atom stereocenters. The van der Waals surface area contributed by atoms with E-state index in [0.29, 0.717) is 5.92 Å². The molecule has 0 aromatic heterocycles. The predicted molar refractivity (Wildman–Crippen MR) is 36.8 cm³/mol. The highest BCUT2D eigenvalue weighted by atomic mass is 14.3. The topological polar surface area (TPSA) is 23.8 Å². The molecule has 0 bridgehead atoms. The zero-order valence-electron chi connectivity index (χ0n) is 5.77. The van der Waals surface area contributed by atoms with E-state index in [1.54, 1.807) is 0 Å². The normalized spacial score (nSPS) is 22.6. The van der Waals surface area contributed by atoms with Crippen molar-refractivity contribution in [2.24, 2.45) is 5.92 Å². The minimum absolute atomic E-state index is 0.382. The van der Waals surface area contributed by atoms with Crippen LogP contribution in [-0.4, -0.2) is 0 Å². The van der Waals surface area contributed by atoms with Gasteiger partial charge in [0.1, 0.15) is 0 Å². The molecule has 0 saturated heterocycles. The highest BCUT2D eigenvalue weighted by molar-refractivity contribution is 4.83. The summed E-state index contributed by atoms with van der Waals surface area (Å²) < 4.78 is 0. The fourth-order valence-electron chi connectivity index (χ4n) is 1.41. The van der Waals surface area contributed by atoms with Crippen LogP contribution in [-0.2, 0) is 0 Å². The third-order valence-electron chi connectivity index (χ3n) is 2.04. The van der Waals surface area contributed by atoms with Crippen LogP contribution in [0.1, 0.15) is 38.5 Å². The summed E-state index contributed by atoms with van der Waals surface area (Å²) in [4.78, 5) is 0. The van der Waals surface area contributed by atoms with E-state index in [-0.39, 0.29) is 0 Å². The molecule has 1 nitrogen and oxygen atoms in total. The molecule has 0 radical (unpaired) electrons. The third kappa shape index (κ3) is 2.05. The Bertz CT molecular complexity index is 104. The van der Waals surface area contributed by atoms with Crippen LogP contribution in [0.5, 0.6) is 0 Å². The molecule has 9 heavy (non-hydrogen) atoms. The first-order valence-corrected chi connectivity index (χ1v) is 3.83. The van der Waals surface area contributed by atoms with Crippen LogP contribution < -0.4 is 0 Å². The fourth-order valence-corrected chi connectivity index (χ4v) is 1.41. The second-order valence-corrected chi connectivity index (χ2v) is 2.82. The van der Waals surface area contributed by atoms with Gasteiger partial charge < -0.3 is 0 Å². The van der Waals surface area contributed by atoms with Gasteiger partial charge in [-0.25, -0.2) is 0 Å². The average molecular weight is 123 g/mol. The SMILES string of the molecule is N#CC1CCCCCC1. The molecule has 1 aliphatic rings. The minimum atomic E-state index is 0.382. The summed E-state index contributed by atoms with van der Waals surface area (Å²) in [5.74, 6) is 0.382. The minimum Gasteiger partial charge on any atom is -0.198 e. The van der Waals surface area contributed by atoms with Gasteiger partial charge in [-0.05, 0) is 12.8 Å². The average Bonchev–Trinajstić information content (AvgIpc) is 2.13. The van der Waals surface area contributed by atoms with Gasteiger partial charge in [0.2, 0.25) is 0 Å². The highest BCUT2D eigenvalue weighted by Crippen LogP contribution is 2.21. The molecule has 1 rings (SSSR count). The lowest BCUT2D eigenvalue weighted by molar-refractivity contribution is 0.571. The summed E-state index contributed by atoms with van der Waals surface area (Å²) >= 11 is 0. The molecule has 1 saturated carbocycles. The largest absolute Gasteiger partial charge is 0.198 e. The van der Waals surface area contributed by atoms with E-state index in [9.17, 15) is 0 Å². The summed E-state index contributed by atoms with van der Waals surface area (Å²) in [5.41, 5.74) is 0. The molecular formula is C8H13N. The number of hydrogen-bond acceptors (Lipinski definition) is 1. The van der Waals surface area contributed by atoms with Crippen LogP contribution in [0, 0.1) is 17.2 Å². The Labute approximate surface area is 56.7 Å². The second-order valence-electron chi connectivity index (χ2n) is 2.82. The predicted octanol–water partition coefficient (Wildman–Crippen LogP) is 2.48. The van der Waals surface area contributed by atoms with Crippen LogP contribution in [0.25, 0.3) is 0 Å². The molecule has 0 amide bonds. The second kappa shape index (κ2) is 3.50. The maximum atomic E-state index is 8.57. The van der Waals surface area contributed by atoms with Gasteiger partial charge >= 0.3 is 0 Å². The Morgan fingerprint density at radius 2 is 1.56 bits per heavy atom. The summed E-state index contributed by atoms with van der Waals surface area (Å²) in [6.45, 7) is 0. The monoisotopic (exact) mass is 123 g/mol. The molecule has 50 valence electrons. The van der Waals surface area contributed by atoms with Gasteiger partial charge in [0.15, 0.2) is 0 Å². The highest BCUT2D eigenvalue weighted by Gasteiger charge is 2.09. The molecule has 1 aliphatic carbocycles. The molecule has 0 spiro atoms. The lowest BCUT2D eigenvalue weighted by Gasteiger charge is -1.99. The molecule has 0 aromatic carbocycles. The molecule has 1 fully saturated rings. The number of nitrogens with zero attached hydrogens (tertiary/aromatic N) is 1. The van der Waals surface area contributed by atoms with Crippen LogP contribution >= 0.6 is 0 Å². The van der Waals surface area contributed by atoms with Gasteiger partial charge in [-0.3, -0.25) is 0 Å². The Hall–Kier alpha value is -0.510. The van der Waals surface area contributed by atoms with Crippen molar-refractivity contribution in [1.29, 1.82) is 5.26 Å². The summed E-state index contributed by atoms with van der Waals surface area (Å²) in [6.07, 6.45) is 7.54.